The van der Waals surface area contributed by atoms with Crippen molar-refractivity contribution in [3.05, 3.63) is 94.0 Å². The van der Waals surface area contributed by atoms with Crippen LogP contribution in [0.2, 0.25) is 0 Å². The molecule has 0 radical (unpaired) electrons. The largest absolute Gasteiger partial charge is 0.378 e. The quantitative estimate of drug-likeness (QED) is 0.225. The molecule has 0 saturated heterocycles. The van der Waals surface area contributed by atoms with E-state index in [0.717, 1.165) is 33.1 Å². The molecule has 3 aromatic rings. The average molecular weight is 421 g/mol. The molecule has 0 saturated carbocycles. The van der Waals surface area contributed by atoms with Gasteiger partial charge in [0.05, 0.1) is 10.6 Å². The highest BCUT2D eigenvalue weighted by Crippen LogP contribution is 2.26. The smallest absolute Gasteiger partial charge is 0.269 e. The molecule has 0 aliphatic rings. The minimum absolute atomic E-state index is 0.0714. The van der Waals surface area contributed by atoms with Crippen molar-refractivity contribution in [1.29, 1.82) is 0 Å². The average Bonchev–Trinajstić information content (AvgIpc) is 2.75. The summed E-state index contributed by atoms with van der Waals surface area (Å²) in [4.78, 5) is 15.4. The fourth-order valence-corrected chi connectivity index (χ4v) is 3.50. The Kier molecular flexibility index (Phi) is 6.74. The highest BCUT2D eigenvalue weighted by molar-refractivity contribution is 7.98. The Labute approximate surface area is 181 Å². The zero-order valence-corrected chi connectivity index (χ0v) is 18.3. The van der Waals surface area contributed by atoms with Crippen molar-refractivity contribution in [1.82, 2.24) is 0 Å². The predicted octanol–water partition coefficient (Wildman–Crippen LogP) is 5.27. The van der Waals surface area contributed by atoms with Crippen molar-refractivity contribution in [3.63, 3.8) is 0 Å². The summed E-state index contributed by atoms with van der Waals surface area (Å²) < 4.78 is 4.79. The van der Waals surface area contributed by atoms with Gasteiger partial charge in [0.2, 0.25) is 0 Å². The van der Waals surface area contributed by atoms with E-state index in [-0.39, 0.29) is 5.69 Å². The fourth-order valence-electron chi connectivity index (χ4n) is 2.83. The summed E-state index contributed by atoms with van der Waals surface area (Å²) in [6, 6.07) is 22.9. The topological polar surface area (TPSA) is 62.0 Å². The van der Waals surface area contributed by atoms with E-state index in [1.165, 1.54) is 24.1 Å². The van der Waals surface area contributed by atoms with Crippen LogP contribution in [0.25, 0.3) is 0 Å². The van der Waals surface area contributed by atoms with Gasteiger partial charge in [-0.05, 0) is 36.4 Å². The third-order valence-corrected chi connectivity index (χ3v) is 5.36. The number of nitrogens with zero attached hydrogens (tertiary/aromatic N) is 4. The van der Waals surface area contributed by atoms with E-state index < -0.39 is 4.92 Å². The zero-order chi connectivity index (χ0) is 21.7. The van der Waals surface area contributed by atoms with Crippen molar-refractivity contribution < 1.29 is 4.92 Å². The number of nitro benzene ring substituents is 1. The second kappa shape index (κ2) is 9.45. The van der Waals surface area contributed by atoms with Gasteiger partial charge in [0, 0.05) is 79.7 Å². The highest BCUT2D eigenvalue weighted by Gasteiger charge is 2.10. The first-order valence-corrected chi connectivity index (χ1v) is 10.2. The summed E-state index contributed by atoms with van der Waals surface area (Å²) in [6.45, 7) is 0. The molecule has 0 atom stereocenters. The lowest BCUT2D eigenvalue weighted by atomic mass is 10.0. The van der Waals surface area contributed by atoms with Crippen LogP contribution in [-0.2, 0) is 0 Å². The number of non-ortho nitro benzene ring substituents is 1. The molecule has 0 spiro atoms. The molecule has 30 heavy (non-hydrogen) atoms. The number of benzene rings is 3. The Morgan fingerprint density at radius 1 is 0.767 bits per heavy atom. The maximum absolute atomic E-state index is 10.9. The standard InChI is InChI=1S/C23H24N4O2S/c1-25(2)19-9-5-17(6-10-19)23(18-7-11-20(12-8-18)26(3)4)24-30-22-15-13-21(14-16-22)27(28)29/h5-16H,1-4H3. The maximum Gasteiger partial charge on any atom is 0.269 e. The summed E-state index contributed by atoms with van der Waals surface area (Å²) in [5.74, 6) is 0. The molecule has 0 fully saturated rings. The molecular weight excluding hydrogens is 396 g/mol. The van der Waals surface area contributed by atoms with E-state index in [1.807, 2.05) is 28.2 Å². The summed E-state index contributed by atoms with van der Waals surface area (Å²) >= 11 is 1.30. The van der Waals surface area contributed by atoms with Crippen LogP contribution in [0.5, 0.6) is 0 Å². The Balaban J connectivity index is 1.95. The molecule has 0 heterocycles. The zero-order valence-electron chi connectivity index (χ0n) is 17.4. The van der Waals surface area contributed by atoms with E-state index >= 15 is 0 Å². The molecule has 154 valence electrons. The third kappa shape index (κ3) is 5.18. The number of hydrogen-bond acceptors (Lipinski definition) is 6. The Bertz CT molecular complexity index is 975. The number of rotatable bonds is 7. The second-order valence-electron chi connectivity index (χ2n) is 7.16. The van der Waals surface area contributed by atoms with Crippen LogP contribution >= 0.6 is 11.9 Å². The first-order chi connectivity index (χ1) is 14.3. The van der Waals surface area contributed by atoms with E-state index in [1.54, 1.807) is 12.1 Å². The van der Waals surface area contributed by atoms with Gasteiger partial charge >= 0.3 is 0 Å². The molecule has 0 aliphatic heterocycles. The molecule has 0 aliphatic carbocycles. The van der Waals surface area contributed by atoms with Gasteiger partial charge in [0.25, 0.3) is 5.69 Å². The molecular formula is C23H24N4O2S. The summed E-state index contributed by atoms with van der Waals surface area (Å²) in [6.07, 6.45) is 0. The summed E-state index contributed by atoms with van der Waals surface area (Å²) in [5.41, 5.74) is 5.17. The summed E-state index contributed by atoms with van der Waals surface area (Å²) in [5, 5.41) is 10.9. The molecule has 0 aromatic heterocycles. The van der Waals surface area contributed by atoms with Crippen LogP contribution in [0.4, 0.5) is 17.1 Å². The van der Waals surface area contributed by atoms with Gasteiger partial charge in [-0.1, -0.05) is 24.3 Å². The van der Waals surface area contributed by atoms with E-state index in [4.69, 9.17) is 4.40 Å². The van der Waals surface area contributed by atoms with Crippen LogP contribution in [-0.4, -0.2) is 38.8 Å². The van der Waals surface area contributed by atoms with Crippen LogP contribution in [0.15, 0.2) is 82.1 Å². The van der Waals surface area contributed by atoms with Crippen molar-refractivity contribution in [3.8, 4) is 0 Å². The molecule has 3 aromatic carbocycles. The highest BCUT2D eigenvalue weighted by atomic mass is 32.2. The SMILES string of the molecule is CN(C)c1ccc(C(=NSc2ccc([N+](=O)[O-])cc2)c2ccc(N(C)C)cc2)cc1. The van der Waals surface area contributed by atoms with Gasteiger partial charge in [0.1, 0.15) is 0 Å². The first kappa shape index (κ1) is 21.4. The van der Waals surface area contributed by atoms with Crippen LogP contribution in [0.3, 0.4) is 0 Å². The van der Waals surface area contributed by atoms with Crippen molar-refractivity contribution in [2.45, 2.75) is 4.90 Å². The second-order valence-corrected chi connectivity index (χ2v) is 8.00. The van der Waals surface area contributed by atoms with Gasteiger partial charge in [-0.25, -0.2) is 4.40 Å². The lowest BCUT2D eigenvalue weighted by molar-refractivity contribution is -0.384. The van der Waals surface area contributed by atoms with Crippen molar-refractivity contribution in [2.75, 3.05) is 38.0 Å². The number of hydrogen-bond donors (Lipinski definition) is 0. The van der Waals surface area contributed by atoms with Gasteiger partial charge < -0.3 is 9.80 Å². The number of nitro groups is 1. The van der Waals surface area contributed by atoms with Gasteiger partial charge in [-0.3, -0.25) is 10.1 Å². The Hall–Kier alpha value is -3.32. The van der Waals surface area contributed by atoms with Gasteiger partial charge in [0.15, 0.2) is 0 Å². The van der Waals surface area contributed by atoms with E-state index in [2.05, 4.69) is 58.3 Å². The van der Waals surface area contributed by atoms with E-state index in [9.17, 15) is 10.1 Å². The van der Waals surface area contributed by atoms with Gasteiger partial charge in [-0.15, -0.1) is 0 Å². The van der Waals surface area contributed by atoms with E-state index in [0.29, 0.717) is 0 Å². The van der Waals surface area contributed by atoms with Crippen LogP contribution < -0.4 is 9.80 Å². The molecule has 3 rings (SSSR count). The third-order valence-electron chi connectivity index (χ3n) is 4.60. The predicted molar refractivity (Wildman–Crippen MR) is 126 cm³/mol. The monoisotopic (exact) mass is 420 g/mol. The minimum Gasteiger partial charge on any atom is -0.378 e. The molecule has 0 bridgehead atoms. The lowest BCUT2D eigenvalue weighted by Gasteiger charge is -2.15. The maximum atomic E-state index is 10.9. The molecule has 0 N–H and O–H groups in total. The number of anilines is 2. The Morgan fingerprint density at radius 2 is 1.20 bits per heavy atom. The first-order valence-electron chi connectivity index (χ1n) is 9.40. The minimum atomic E-state index is -0.401. The van der Waals surface area contributed by atoms with Gasteiger partial charge in [-0.2, -0.15) is 0 Å². The van der Waals surface area contributed by atoms with Crippen LogP contribution in [0.1, 0.15) is 11.1 Å². The molecule has 0 amide bonds. The normalized spacial score (nSPS) is 10.4. The van der Waals surface area contributed by atoms with Crippen molar-refractivity contribution >= 4 is 34.7 Å². The van der Waals surface area contributed by atoms with Crippen LogP contribution in [0, 0.1) is 10.1 Å². The van der Waals surface area contributed by atoms with Crippen molar-refractivity contribution in [2.24, 2.45) is 4.40 Å². The molecule has 0 unspecified atom stereocenters. The molecule has 7 heteroatoms. The fraction of sp³-hybridized carbons (Fsp3) is 0.174. The lowest BCUT2D eigenvalue weighted by Crippen LogP contribution is -2.10. The summed E-state index contributed by atoms with van der Waals surface area (Å²) in [7, 11) is 8.03. The Morgan fingerprint density at radius 3 is 1.57 bits per heavy atom. The molecule has 6 nitrogen and oxygen atoms in total.